The monoisotopic (exact) mass is 79.1 g/mol. The first-order valence-corrected chi connectivity index (χ1v) is 1.74. The van der Waals surface area contributed by atoms with E-state index in [1.165, 1.54) is 0 Å². The molecule has 0 unspecified atom stereocenters. The van der Waals surface area contributed by atoms with Gasteiger partial charge in [0.1, 0.15) is 13.5 Å². The summed E-state index contributed by atoms with van der Waals surface area (Å²) in [6.45, 7) is 0. The van der Waals surface area contributed by atoms with Crippen molar-refractivity contribution in [3.8, 4) is 0 Å². The highest BCUT2D eigenvalue weighted by molar-refractivity contribution is 5.18. The first-order valence-electron chi connectivity index (χ1n) is 2.74. The summed E-state index contributed by atoms with van der Waals surface area (Å²) in [6, 6.07) is 0.389. The topological polar surface area (TPSA) is 0 Å². The highest BCUT2D eigenvalue weighted by Crippen LogP contribution is 1.85. The van der Waals surface area contributed by atoms with E-state index >= 15 is 0 Å². The third kappa shape index (κ3) is 0.540. The van der Waals surface area contributed by atoms with Gasteiger partial charge >= 0.3 is 0 Å². The molecule has 0 saturated heterocycles. The second kappa shape index (κ2) is 1.54. The summed E-state index contributed by atoms with van der Waals surface area (Å²) < 4.78 is 14.0. The lowest BCUT2D eigenvalue weighted by atomic mass is 10.3. The summed E-state index contributed by atoms with van der Waals surface area (Å²) in [5.41, 5.74) is 0. The van der Waals surface area contributed by atoms with Crippen LogP contribution in [-0.2, 0) is 0 Å². The van der Waals surface area contributed by atoms with Crippen LogP contribution < -0.4 is 0 Å². The van der Waals surface area contributed by atoms with Crippen LogP contribution >= 0.6 is 0 Å². The van der Waals surface area contributed by atoms with Crippen LogP contribution in [0.3, 0.4) is 0 Å². The SMILES string of the molecule is [2H]C1=[C+]C=CC=C1[2H]. The molecule has 0 atom stereocenters. The molecule has 1 aliphatic rings. The maximum absolute atomic E-state index is 7.00. The van der Waals surface area contributed by atoms with Crippen molar-refractivity contribution >= 4 is 0 Å². The highest BCUT2D eigenvalue weighted by Gasteiger charge is 1.78. The molecular formula is C6H5+. The highest BCUT2D eigenvalue weighted by atomic mass is 13.7. The molecule has 0 fully saturated rings. The molecule has 0 heteroatoms. The van der Waals surface area contributed by atoms with Crippen LogP contribution in [0.4, 0.5) is 0 Å². The lowest BCUT2D eigenvalue weighted by Gasteiger charge is -1.64. The zero-order valence-electron chi connectivity index (χ0n) is 5.23. The van der Waals surface area contributed by atoms with Gasteiger partial charge in [-0.3, -0.25) is 0 Å². The summed E-state index contributed by atoms with van der Waals surface area (Å²) in [6.07, 6.45) is 7.47. The van der Waals surface area contributed by atoms with Crippen LogP contribution in [0.15, 0.2) is 30.3 Å². The van der Waals surface area contributed by atoms with Crippen LogP contribution in [0.2, 0.25) is 0 Å². The Kier molecular flexibility index (Phi) is 0.441. The Hall–Kier alpha value is -0.870. The summed E-state index contributed by atoms with van der Waals surface area (Å²) in [5.74, 6) is 0. The van der Waals surface area contributed by atoms with Crippen molar-refractivity contribution in [2.75, 3.05) is 0 Å². The van der Waals surface area contributed by atoms with Crippen LogP contribution in [-0.4, -0.2) is 0 Å². The number of allylic oxidation sites excluding steroid dienone is 6. The molecule has 0 aromatic heterocycles. The van der Waals surface area contributed by atoms with E-state index in [0.29, 0.717) is 0 Å². The Balaban J connectivity index is 2.93. The molecule has 0 saturated carbocycles. The molecule has 0 N–H and O–H groups in total. The van der Waals surface area contributed by atoms with Crippen LogP contribution in [0.5, 0.6) is 0 Å². The number of hydrogen-bond donors (Lipinski definition) is 0. The lowest BCUT2D eigenvalue weighted by molar-refractivity contribution is 1.75. The fourth-order valence-electron chi connectivity index (χ4n) is 0.269. The summed E-state index contributed by atoms with van der Waals surface area (Å²) >= 11 is 0. The second-order valence-electron chi connectivity index (χ2n) is 0.939. The van der Waals surface area contributed by atoms with E-state index in [4.69, 9.17) is 2.74 Å². The zero-order valence-corrected chi connectivity index (χ0v) is 3.23. The molecule has 0 bridgehead atoms. The van der Waals surface area contributed by atoms with Crippen LogP contribution in [0.1, 0.15) is 2.74 Å². The maximum Gasteiger partial charge on any atom is 0.153 e. The van der Waals surface area contributed by atoms with Crippen molar-refractivity contribution in [1.29, 1.82) is 0 Å². The van der Waals surface area contributed by atoms with Gasteiger partial charge < -0.3 is 0 Å². The largest absolute Gasteiger partial charge is 0.153 e. The molecule has 0 aromatic carbocycles. The van der Waals surface area contributed by atoms with Gasteiger partial charge in [0.05, 0.1) is 0 Å². The Bertz CT molecular complexity index is 155. The Labute approximate surface area is 40.3 Å². The van der Waals surface area contributed by atoms with E-state index < -0.39 is 0 Å². The molecule has 0 aliphatic heterocycles. The van der Waals surface area contributed by atoms with Gasteiger partial charge in [-0.25, -0.2) is 0 Å². The van der Waals surface area contributed by atoms with Crippen LogP contribution in [0, 0.1) is 6.08 Å². The van der Waals surface area contributed by atoms with Crippen LogP contribution in [0.25, 0.3) is 0 Å². The first-order chi connectivity index (χ1) is 3.80. The summed E-state index contributed by atoms with van der Waals surface area (Å²) in [4.78, 5) is 0. The second-order valence-corrected chi connectivity index (χ2v) is 0.939. The maximum atomic E-state index is 7.00. The smallest absolute Gasteiger partial charge is 0.0395 e. The molecule has 0 spiro atoms. The molecular weight excluding hydrogens is 72.1 g/mol. The molecule has 0 amide bonds. The van der Waals surface area contributed by atoms with E-state index in [2.05, 4.69) is 6.08 Å². The minimum absolute atomic E-state index is 0.160. The van der Waals surface area contributed by atoms with Crippen molar-refractivity contribution in [2.24, 2.45) is 0 Å². The van der Waals surface area contributed by atoms with E-state index in [-0.39, 0.29) is 12.1 Å². The Morgan fingerprint density at radius 3 is 3.00 bits per heavy atom. The molecule has 0 radical (unpaired) electrons. The quantitative estimate of drug-likeness (QED) is 0.386. The van der Waals surface area contributed by atoms with Crippen molar-refractivity contribution < 1.29 is 2.74 Å². The lowest BCUT2D eigenvalue weighted by Crippen LogP contribution is -1.56. The van der Waals surface area contributed by atoms with E-state index in [9.17, 15) is 0 Å². The van der Waals surface area contributed by atoms with Crippen molar-refractivity contribution in [3.63, 3.8) is 0 Å². The number of hydrogen-bond acceptors (Lipinski definition) is 0. The molecule has 28 valence electrons. The third-order valence-electron chi connectivity index (χ3n) is 0.503. The summed E-state index contributed by atoms with van der Waals surface area (Å²) in [5, 5.41) is 0. The van der Waals surface area contributed by atoms with Crippen molar-refractivity contribution in [3.05, 3.63) is 36.4 Å². The van der Waals surface area contributed by atoms with E-state index in [1.54, 1.807) is 18.2 Å². The number of rotatable bonds is 0. The normalized spacial score (nSPS) is 22.7. The van der Waals surface area contributed by atoms with Gasteiger partial charge in [-0.05, 0) is 0 Å². The minimum Gasteiger partial charge on any atom is 0.0395 e. The molecule has 1 rings (SSSR count). The minimum atomic E-state index is 0.160. The average Bonchev–Trinajstić information content (AvgIpc) is 1.77. The summed E-state index contributed by atoms with van der Waals surface area (Å²) in [7, 11) is 0. The standard InChI is InChI=1S/C6H5/c1-2-4-6-5-3-1/h1-5H/q+1/i2D,4D. The average molecular weight is 79.1 g/mol. The molecule has 1 aliphatic carbocycles. The zero-order chi connectivity index (χ0) is 5.98. The molecule has 6 heavy (non-hydrogen) atoms. The predicted molar refractivity (Wildman–Crippen MR) is 26.1 cm³/mol. The fraction of sp³-hybridized carbons (Fsp3) is 0. The van der Waals surface area contributed by atoms with Crippen molar-refractivity contribution in [2.45, 2.75) is 0 Å². The first kappa shape index (κ1) is 1.72. The van der Waals surface area contributed by atoms with Crippen molar-refractivity contribution in [1.82, 2.24) is 0 Å². The van der Waals surface area contributed by atoms with Gasteiger partial charge in [0.25, 0.3) is 0 Å². The Morgan fingerprint density at radius 1 is 1.50 bits per heavy atom. The fourth-order valence-corrected chi connectivity index (χ4v) is 0.269. The van der Waals surface area contributed by atoms with Gasteiger partial charge in [0.15, 0.2) is 1.37 Å². The van der Waals surface area contributed by atoms with Gasteiger partial charge in [-0.2, -0.15) is 0 Å². The molecule has 0 nitrogen and oxygen atoms in total. The third-order valence-corrected chi connectivity index (χ3v) is 0.503. The van der Waals surface area contributed by atoms with E-state index in [0.717, 1.165) is 0 Å². The molecule has 0 aromatic rings. The predicted octanol–water partition coefficient (Wildman–Crippen LogP) is 1.47. The van der Waals surface area contributed by atoms with E-state index in [1.807, 2.05) is 0 Å². The van der Waals surface area contributed by atoms with Gasteiger partial charge in [0.2, 0.25) is 0 Å². The van der Waals surface area contributed by atoms with Gasteiger partial charge in [0, 0.05) is 24.3 Å². The van der Waals surface area contributed by atoms with Gasteiger partial charge in [-0.1, -0.05) is 0 Å². The van der Waals surface area contributed by atoms with Gasteiger partial charge in [-0.15, -0.1) is 0 Å². The molecule has 0 heterocycles. The Morgan fingerprint density at radius 2 is 2.50 bits per heavy atom.